The third-order valence-corrected chi connectivity index (χ3v) is 2.65. The van der Waals surface area contributed by atoms with Crippen molar-refractivity contribution in [2.45, 2.75) is 13.0 Å². The van der Waals surface area contributed by atoms with Crippen molar-refractivity contribution >= 4 is 17.3 Å². The molecular weight excluding hydrogens is 248 g/mol. The average molecular weight is 260 g/mol. The first-order valence-electron chi connectivity index (χ1n) is 5.62. The standard InChI is InChI=1S/C12H12N4O3/c1-9(15-8-2-7-13-15)12(17)14-10-3-5-11(6-4-10)16(18)19/h2-9H,1H3,(H,14,17). The SMILES string of the molecule is CC(C(=O)Nc1ccc([N+](=O)[O-])cc1)n1cccn1. The zero-order valence-corrected chi connectivity index (χ0v) is 10.2. The topological polar surface area (TPSA) is 90.1 Å². The van der Waals surface area contributed by atoms with E-state index in [1.807, 2.05) is 0 Å². The summed E-state index contributed by atoms with van der Waals surface area (Å²) in [6.45, 7) is 1.72. The number of hydrogen-bond donors (Lipinski definition) is 1. The molecule has 2 rings (SSSR count). The van der Waals surface area contributed by atoms with E-state index in [-0.39, 0.29) is 11.6 Å². The molecule has 1 amide bonds. The number of nitrogens with zero attached hydrogens (tertiary/aromatic N) is 3. The first kappa shape index (κ1) is 12.7. The molecule has 1 atom stereocenters. The normalized spacial score (nSPS) is 11.8. The first-order valence-corrected chi connectivity index (χ1v) is 5.62. The molecule has 0 saturated carbocycles. The van der Waals surface area contributed by atoms with E-state index in [1.165, 1.54) is 28.9 Å². The quantitative estimate of drug-likeness (QED) is 0.672. The van der Waals surface area contributed by atoms with Crippen LogP contribution >= 0.6 is 0 Å². The van der Waals surface area contributed by atoms with Crippen LogP contribution in [0, 0.1) is 10.1 Å². The second-order valence-corrected chi connectivity index (χ2v) is 3.96. The number of carbonyl (C=O) groups excluding carboxylic acids is 1. The Hall–Kier alpha value is -2.70. The number of hydrogen-bond acceptors (Lipinski definition) is 4. The van der Waals surface area contributed by atoms with Crippen molar-refractivity contribution in [3.8, 4) is 0 Å². The number of aromatic nitrogens is 2. The smallest absolute Gasteiger partial charge is 0.269 e. The molecule has 0 saturated heterocycles. The van der Waals surface area contributed by atoms with Gasteiger partial charge in [0.1, 0.15) is 6.04 Å². The van der Waals surface area contributed by atoms with Crippen LogP contribution in [0.4, 0.5) is 11.4 Å². The predicted octanol–water partition coefficient (Wildman–Crippen LogP) is 1.99. The molecule has 0 aliphatic rings. The van der Waals surface area contributed by atoms with Gasteiger partial charge in [0.25, 0.3) is 5.69 Å². The van der Waals surface area contributed by atoms with Crippen LogP contribution < -0.4 is 5.32 Å². The van der Waals surface area contributed by atoms with Gasteiger partial charge in [-0.3, -0.25) is 19.6 Å². The Morgan fingerprint density at radius 1 is 1.42 bits per heavy atom. The van der Waals surface area contributed by atoms with E-state index in [9.17, 15) is 14.9 Å². The molecule has 0 spiro atoms. The second-order valence-electron chi connectivity index (χ2n) is 3.96. The molecule has 1 aromatic heterocycles. The highest BCUT2D eigenvalue weighted by Gasteiger charge is 2.15. The summed E-state index contributed by atoms with van der Waals surface area (Å²) in [5.74, 6) is -0.238. The van der Waals surface area contributed by atoms with Gasteiger partial charge in [0, 0.05) is 30.2 Å². The van der Waals surface area contributed by atoms with E-state index in [0.717, 1.165) is 0 Å². The number of nitro benzene ring substituents is 1. The fourth-order valence-electron chi connectivity index (χ4n) is 1.54. The van der Waals surface area contributed by atoms with Crippen LogP contribution in [0.3, 0.4) is 0 Å². The van der Waals surface area contributed by atoms with Crippen molar-refractivity contribution in [3.63, 3.8) is 0 Å². The lowest BCUT2D eigenvalue weighted by atomic mass is 10.2. The maximum atomic E-state index is 11.9. The molecule has 2 aromatic rings. The molecule has 7 heteroatoms. The molecule has 0 aliphatic heterocycles. The van der Waals surface area contributed by atoms with E-state index in [4.69, 9.17) is 0 Å². The minimum absolute atomic E-state index is 0.0156. The van der Waals surface area contributed by atoms with E-state index in [2.05, 4.69) is 10.4 Å². The Bertz CT molecular complexity index is 578. The third-order valence-electron chi connectivity index (χ3n) is 2.65. The van der Waals surface area contributed by atoms with Crippen LogP contribution in [0.15, 0.2) is 42.7 Å². The van der Waals surface area contributed by atoms with E-state index >= 15 is 0 Å². The van der Waals surface area contributed by atoms with Crippen molar-refractivity contribution in [2.24, 2.45) is 0 Å². The lowest BCUT2D eigenvalue weighted by Gasteiger charge is -2.12. The van der Waals surface area contributed by atoms with Crippen LogP contribution in [0.25, 0.3) is 0 Å². The Labute approximate surface area is 109 Å². The highest BCUT2D eigenvalue weighted by molar-refractivity contribution is 5.93. The summed E-state index contributed by atoms with van der Waals surface area (Å²) in [5.41, 5.74) is 0.493. The number of carbonyl (C=O) groups is 1. The molecule has 1 aromatic carbocycles. The number of anilines is 1. The first-order chi connectivity index (χ1) is 9.08. The maximum Gasteiger partial charge on any atom is 0.269 e. The number of non-ortho nitro benzene ring substituents is 1. The number of rotatable bonds is 4. The van der Waals surface area contributed by atoms with Crippen molar-refractivity contribution in [2.75, 3.05) is 5.32 Å². The molecule has 1 heterocycles. The van der Waals surface area contributed by atoms with Crippen LogP contribution in [0.2, 0.25) is 0 Å². The summed E-state index contributed by atoms with van der Waals surface area (Å²) in [7, 11) is 0. The molecule has 19 heavy (non-hydrogen) atoms. The third kappa shape index (κ3) is 2.95. The van der Waals surface area contributed by atoms with Crippen LogP contribution in [-0.2, 0) is 4.79 Å². The Balaban J connectivity index is 2.04. The fraction of sp³-hybridized carbons (Fsp3) is 0.167. The molecule has 0 fully saturated rings. The monoisotopic (exact) mass is 260 g/mol. The molecule has 7 nitrogen and oxygen atoms in total. The second kappa shape index (κ2) is 5.30. The van der Waals surface area contributed by atoms with Gasteiger partial charge in [0.2, 0.25) is 5.91 Å². The summed E-state index contributed by atoms with van der Waals surface area (Å²) < 4.78 is 1.53. The summed E-state index contributed by atoms with van der Waals surface area (Å²) in [6.07, 6.45) is 3.29. The number of nitrogens with one attached hydrogen (secondary N) is 1. The van der Waals surface area contributed by atoms with E-state index in [1.54, 1.807) is 25.4 Å². The highest BCUT2D eigenvalue weighted by Crippen LogP contribution is 2.16. The van der Waals surface area contributed by atoms with E-state index < -0.39 is 11.0 Å². The minimum atomic E-state index is -0.488. The molecule has 1 N–H and O–H groups in total. The lowest BCUT2D eigenvalue weighted by Crippen LogP contribution is -2.23. The Morgan fingerprint density at radius 3 is 2.63 bits per heavy atom. The Morgan fingerprint density at radius 2 is 2.11 bits per heavy atom. The van der Waals surface area contributed by atoms with Gasteiger partial charge in [-0.2, -0.15) is 5.10 Å². The van der Waals surface area contributed by atoms with Crippen LogP contribution in [0.1, 0.15) is 13.0 Å². The van der Waals surface area contributed by atoms with Gasteiger partial charge in [-0.05, 0) is 25.1 Å². The number of amides is 1. The Kier molecular flexibility index (Phi) is 3.56. The van der Waals surface area contributed by atoms with Crippen LogP contribution in [0.5, 0.6) is 0 Å². The summed E-state index contributed by atoms with van der Waals surface area (Å²) >= 11 is 0. The van der Waals surface area contributed by atoms with Gasteiger partial charge in [-0.15, -0.1) is 0 Å². The molecule has 98 valence electrons. The predicted molar refractivity (Wildman–Crippen MR) is 68.7 cm³/mol. The molecular formula is C12H12N4O3. The summed E-state index contributed by atoms with van der Waals surface area (Å²) in [6, 6.07) is 6.95. The van der Waals surface area contributed by atoms with Gasteiger partial charge >= 0.3 is 0 Å². The number of benzene rings is 1. The van der Waals surface area contributed by atoms with Gasteiger partial charge in [0.05, 0.1) is 4.92 Å². The molecule has 1 unspecified atom stereocenters. The molecule has 0 aliphatic carbocycles. The lowest BCUT2D eigenvalue weighted by molar-refractivity contribution is -0.384. The van der Waals surface area contributed by atoms with Crippen molar-refractivity contribution in [1.82, 2.24) is 9.78 Å². The van der Waals surface area contributed by atoms with Gasteiger partial charge in [-0.25, -0.2) is 0 Å². The van der Waals surface area contributed by atoms with Gasteiger partial charge in [-0.1, -0.05) is 0 Å². The zero-order chi connectivity index (χ0) is 13.8. The molecule has 0 bridgehead atoms. The average Bonchev–Trinajstić information content (AvgIpc) is 2.92. The van der Waals surface area contributed by atoms with Crippen LogP contribution in [-0.4, -0.2) is 20.6 Å². The van der Waals surface area contributed by atoms with Crippen molar-refractivity contribution < 1.29 is 9.72 Å². The van der Waals surface area contributed by atoms with Crippen molar-refractivity contribution in [3.05, 3.63) is 52.8 Å². The summed E-state index contributed by atoms with van der Waals surface area (Å²) in [5, 5.41) is 17.2. The minimum Gasteiger partial charge on any atom is -0.324 e. The fourth-order valence-corrected chi connectivity index (χ4v) is 1.54. The molecule has 0 radical (unpaired) electrons. The summed E-state index contributed by atoms with van der Waals surface area (Å²) in [4.78, 5) is 21.9. The largest absolute Gasteiger partial charge is 0.324 e. The van der Waals surface area contributed by atoms with E-state index in [0.29, 0.717) is 5.69 Å². The van der Waals surface area contributed by atoms with Gasteiger partial charge in [0.15, 0.2) is 0 Å². The van der Waals surface area contributed by atoms with Crippen molar-refractivity contribution in [1.29, 1.82) is 0 Å². The van der Waals surface area contributed by atoms with Gasteiger partial charge < -0.3 is 5.32 Å². The maximum absolute atomic E-state index is 11.9. The highest BCUT2D eigenvalue weighted by atomic mass is 16.6. The zero-order valence-electron chi connectivity index (χ0n) is 10.2. The number of nitro groups is 1.